The molecule has 3 heterocycles. The van der Waals surface area contributed by atoms with E-state index in [1.54, 1.807) is 6.07 Å². The molecular weight excluding hydrogens is 655 g/mol. The van der Waals surface area contributed by atoms with Crippen LogP contribution >= 0.6 is 27.7 Å². The predicted molar refractivity (Wildman–Crippen MR) is 160 cm³/mol. The number of sulfonamides is 1. The van der Waals surface area contributed by atoms with Gasteiger partial charge < -0.3 is 5.32 Å². The van der Waals surface area contributed by atoms with Crippen LogP contribution in [0.15, 0.2) is 96.8 Å². The number of rotatable bonds is 7. The molecule has 0 atom stereocenters. The molecule has 0 radical (unpaired) electrons. The van der Waals surface area contributed by atoms with Crippen molar-refractivity contribution >= 4 is 65.8 Å². The van der Waals surface area contributed by atoms with E-state index < -0.39 is 32.6 Å². The number of halogens is 3. The Balaban J connectivity index is 1.59. The lowest BCUT2D eigenvalue weighted by Crippen LogP contribution is -2.41. The fourth-order valence-electron chi connectivity index (χ4n) is 4.54. The van der Waals surface area contributed by atoms with Crippen LogP contribution in [-0.2, 0) is 10.0 Å². The number of nitrogens with one attached hydrogen (secondary N) is 2. The van der Waals surface area contributed by atoms with E-state index in [2.05, 4.69) is 31.0 Å². The highest BCUT2D eigenvalue weighted by molar-refractivity contribution is 9.10. The second kappa shape index (κ2) is 10.5. The van der Waals surface area contributed by atoms with Crippen LogP contribution in [0.4, 0.5) is 21.5 Å². The monoisotopic (exact) mass is 672 g/mol. The van der Waals surface area contributed by atoms with Crippen molar-refractivity contribution in [1.82, 2.24) is 18.2 Å². The molecule has 2 aromatic carbocycles. The number of aromatic nitrogens is 4. The molecule has 1 aliphatic carbocycles. The molecule has 1 aliphatic rings. The largest absolute Gasteiger partial charge is 0.352 e. The van der Waals surface area contributed by atoms with Crippen LogP contribution in [0.5, 0.6) is 0 Å². The molecule has 1 saturated carbocycles. The van der Waals surface area contributed by atoms with Crippen molar-refractivity contribution in [1.29, 1.82) is 0 Å². The highest BCUT2D eigenvalue weighted by atomic mass is 79.9. The van der Waals surface area contributed by atoms with E-state index in [0.29, 0.717) is 21.4 Å². The third-order valence-corrected chi connectivity index (χ3v) is 8.78. The minimum absolute atomic E-state index is 0.0202. The minimum Gasteiger partial charge on any atom is -0.352 e. The summed E-state index contributed by atoms with van der Waals surface area (Å²) in [7, 11) is -4.03. The fraction of sp³-hybridized carbons (Fsp3) is 0.111. The second-order valence-corrected chi connectivity index (χ2v) is 12.4. The number of fused-ring (bicyclic) bond motifs is 1. The van der Waals surface area contributed by atoms with Crippen molar-refractivity contribution in [2.24, 2.45) is 0 Å². The summed E-state index contributed by atoms with van der Waals surface area (Å²) < 4.78 is 46.3. The molecule has 15 heteroatoms. The summed E-state index contributed by atoms with van der Waals surface area (Å²) in [6, 6.07) is 13.6. The Morgan fingerprint density at radius 3 is 2.48 bits per heavy atom. The van der Waals surface area contributed by atoms with Crippen LogP contribution in [0, 0.1) is 5.82 Å². The molecule has 1 fully saturated rings. The molecule has 0 saturated heterocycles. The van der Waals surface area contributed by atoms with E-state index >= 15 is 0 Å². The van der Waals surface area contributed by atoms with Gasteiger partial charge in [-0.25, -0.2) is 26.3 Å². The molecule has 0 unspecified atom stereocenters. The Hall–Kier alpha value is -4.27. The van der Waals surface area contributed by atoms with Crippen molar-refractivity contribution in [2.45, 2.75) is 23.8 Å². The standard InChI is InChI=1S/C27H19BrClFN6O5S/c28-15-6-9-21(20(30)11-15)32-22-13-23(37)36(29)25-24(22)26(38)35(17-7-8-17)27(39)34(25)18-4-1-3-16(12-18)33-42(40,41)19-5-2-10-31-14-19/h1-6,9-14,17,32-33H,7-8H2. The minimum atomic E-state index is -4.03. The Bertz CT molecular complexity index is 2180. The maximum absolute atomic E-state index is 14.7. The first-order valence-corrected chi connectivity index (χ1v) is 15.1. The second-order valence-electron chi connectivity index (χ2n) is 9.49. The zero-order chi connectivity index (χ0) is 29.8. The van der Waals surface area contributed by atoms with Crippen LogP contribution in [0.3, 0.4) is 0 Å². The molecule has 42 heavy (non-hydrogen) atoms. The van der Waals surface area contributed by atoms with Gasteiger partial charge in [-0.3, -0.25) is 23.9 Å². The van der Waals surface area contributed by atoms with E-state index in [1.165, 1.54) is 60.9 Å². The van der Waals surface area contributed by atoms with Gasteiger partial charge in [0.2, 0.25) is 0 Å². The highest BCUT2D eigenvalue weighted by Crippen LogP contribution is 2.34. The Morgan fingerprint density at radius 2 is 1.79 bits per heavy atom. The lowest BCUT2D eigenvalue weighted by Gasteiger charge is -2.18. The first-order chi connectivity index (χ1) is 20.0. The summed E-state index contributed by atoms with van der Waals surface area (Å²) in [4.78, 5) is 44.4. The van der Waals surface area contributed by atoms with Crippen molar-refractivity contribution in [3.8, 4) is 5.69 Å². The number of benzene rings is 2. The van der Waals surface area contributed by atoms with Gasteiger partial charge in [0.1, 0.15) is 16.1 Å². The van der Waals surface area contributed by atoms with Gasteiger partial charge in [-0.15, -0.1) is 0 Å². The fourth-order valence-corrected chi connectivity index (χ4v) is 6.10. The molecule has 0 amide bonds. The molecular formula is C27H19BrClFN6O5S. The van der Waals surface area contributed by atoms with Crippen LogP contribution in [0.1, 0.15) is 18.9 Å². The van der Waals surface area contributed by atoms with Gasteiger partial charge in [0.05, 0.1) is 22.7 Å². The van der Waals surface area contributed by atoms with Crippen LogP contribution in [0.2, 0.25) is 0 Å². The van der Waals surface area contributed by atoms with E-state index in [4.69, 9.17) is 11.8 Å². The van der Waals surface area contributed by atoms with Crippen LogP contribution in [0.25, 0.3) is 16.7 Å². The first-order valence-electron chi connectivity index (χ1n) is 12.4. The third kappa shape index (κ3) is 5.01. The van der Waals surface area contributed by atoms with Gasteiger partial charge in [0, 0.05) is 40.8 Å². The number of hydrogen-bond acceptors (Lipinski definition) is 7. The summed E-state index contributed by atoms with van der Waals surface area (Å²) in [5.74, 6) is -0.656. The highest BCUT2D eigenvalue weighted by Gasteiger charge is 2.31. The van der Waals surface area contributed by atoms with Crippen LogP contribution < -0.4 is 26.8 Å². The SMILES string of the molecule is O=c1c2c(Nc3ccc(Br)cc3F)cc(=O)n(Cl)c2n(-c2cccc(NS(=O)(=O)c3cccnc3)c2)c(=O)n1C1CC1. The Labute approximate surface area is 250 Å². The lowest BCUT2D eigenvalue weighted by molar-refractivity contribution is 0.601. The lowest BCUT2D eigenvalue weighted by atomic mass is 10.2. The molecule has 3 aromatic heterocycles. The van der Waals surface area contributed by atoms with Crippen LogP contribution in [-0.4, -0.2) is 26.6 Å². The number of pyridine rings is 2. The summed E-state index contributed by atoms with van der Waals surface area (Å²) in [5.41, 5.74) is -2.43. The first kappa shape index (κ1) is 27.9. The van der Waals surface area contributed by atoms with Crippen molar-refractivity contribution < 1.29 is 12.8 Å². The molecule has 6 rings (SSSR count). The smallest absolute Gasteiger partial charge is 0.337 e. The molecule has 5 aromatic rings. The van der Waals surface area contributed by atoms with Gasteiger partial charge in [-0.05, 0) is 61.4 Å². The quantitative estimate of drug-likeness (QED) is 0.260. The van der Waals surface area contributed by atoms with Gasteiger partial charge in [0.25, 0.3) is 21.1 Å². The van der Waals surface area contributed by atoms with Crippen molar-refractivity contribution in [3.63, 3.8) is 0 Å². The normalized spacial score (nSPS) is 13.3. The van der Waals surface area contributed by atoms with E-state index in [9.17, 15) is 27.2 Å². The Morgan fingerprint density at radius 1 is 1.00 bits per heavy atom. The maximum atomic E-state index is 14.7. The van der Waals surface area contributed by atoms with Gasteiger partial charge >= 0.3 is 5.69 Å². The number of nitrogens with zero attached hydrogens (tertiary/aromatic N) is 4. The summed E-state index contributed by atoms with van der Waals surface area (Å²) in [6.45, 7) is 0. The average Bonchev–Trinajstić information content (AvgIpc) is 3.78. The molecule has 0 spiro atoms. The van der Waals surface area contributed by atoms with E-state index in [-0.39, 0.29) is 44.7 Å². The van der Waals surface area contributed by atoms with Crippen molar-refractivity contribution in [2.75, 3.05) is 10.0 Å². The topological polar surface area (TPSA) is 137 Å². The maximum Gasteiger partial charge on any atom is 0.337 e. The summed E-state index contributed by atoms with van der Waals surface area (Å²) >= 11 is 9.59. The third-order valence-electron chi connectivity index (χ3n) is 6.60. The number of hydrogen-bond donors (Lipinski definition) is 2. The van der Waals surface area contributed by atoms with Gasteiger partial charge in [-0.2, -0.15) is 0 Å². The molecule has 0 aliphatic heterocycles. The molecule has 11 nitrogen and oxygen atoms in total. The molecule has 2 N–H and O–H groups in total. The molecule has 0 bridgehead atoms. The Kier molecular flexibility index (Phi) is 6.99. The van der Waals surface area contributed by atoms with Crippen molar-refractivity contribution in [3.05, 3.63) is 115 Å². The predicted octanol–water partition coefficient (Wildman–Crippen LogP) is 4.49. The van der Waals surface area contributed by atoms with Gasteiger partial charge in [-0.1, -0.05) is 22.0 Å². The zero-order valence-electron chi connectivity index (χ0n) is 21.3. The summed E-state index contributed by atoms with van der Waals surface area (Å²) in [6.07, 6.45) is 3.78. The van der Waals surface area contributed by atoms with E-state index in [1.807, 2.05) is 0 Å². The molecule has 214 valence electrons. The van der Waals surface area contributed by atoms with Gasteiger partial charge in [0.15, 0.2) is 5.65 Å². The summed E-state index contributed by atoms with van der Waals surface area (Å²) in [5, 5.41) is 2.66. The zero-order valence-corrected chi connectivity index (χ0v) is 24.5. The van der Waals surface area contributed by atoms with E-state index in [0.717, 1.165) is 15.2 Å². The average molecular weight is 674 g/mol. The number of anilines is 3.